The number of fused-ring (bicyclic) bond motifs is 2. The number of carbonyl (C=O) groups is 1. The first-order valence-electron chi connectivity index (χ1n) is 6.68. The molecule has 96 valence electrons. The molecule has 2 aromatic carbocycles. The van der Waals surface area contributed by atoms with Crippen molar-refractivity contribution >= 4 is 5.91 Å². The predicted octanol–water partition coefficient (Wildman–Crippen LogP) is 3.01. The van der Waals surface area contributed by atoms with Crippen molar-refractivity contribution in [2.24, 2.45) is 0 Å². The van der Waals surface area contributed by atoms with Gasteiger partial charge >= 0.3 is 0 Å². The first-order chi connectivity index (χ1) is 9.25. The number of benzene rings is 2. The Hall–Kier alpha value is -2.09. The highest BCUT2D eigenvalue weighted by Crippen LogP contribution is 2.32. The van der Waals surface area contributed by atoms with Crippen molar-refractivity contribution in [3.8, 4) is 0 Å². The van der Waals surface area contributed by atoms with Crippen LogP contribution in [0.25, 0.3) is 0 Å². The van der Waals surface area contributed by atoms with E-state index in [0.29, 0.717) is 0 Å². The van der Waals surface area contributed by atoms with E-state index in [1.807, 2.05) is 12.1 Å². The summed E-state index contributed by atoms with van der Waals surface area (Å²) in [5.41, 5.74) is 5.11. The second kappa shape index (κ2) is 4.88. The summed E-state index contributed by atoms with van der Waals surface area (Å²) in [6, 6.07) is 16.8. The second-order valence-electron chi connectivity index (χ2n) is 5.03. The van der Waals surface area contributed by atoms with E-state index in [-0.39, 0.29) is 11.9 Å². The molecule has 0 aliphatic heterocycles. The number of carbonyl (C=O) groups excluding carboxylic acids is 1. The van der Waals surface area contributed by atoms with Crippen LogP contribution in [0.4, 0.5) is 0 Å². The third-order valence-electron chi connectivity index (χ3n) is 3.74. The number of amides is 1. The lowest BCUT2D eigenvalue weighted by atomic mass is 9.94. The van der Waals surface area contributed by atoms with Crippen molar-refractivity contribution in [2.45, 2.75) is 25.8 Å². The Labute approximate surface area is 113 Å². The van der Waals surface area contributed by atoms with Crippen molar-refractivity contribution in [2.75, 3.05) is 0 Å². The van der Waals surface area contributed by atoms with E-state index in [4.69, 9.17) is 0 Å². The van der Waals surface area contributed by atoms with E-state index >= 15 is 0 Å². The fourth-order valence-electron chi connectivity index (χ4n) is 2.88. The molecule has 0 unspecified atom stereocenters. The molecule has 19 heavy (non-hydrogen) atoms. The predicted molar refractivity (Wildman–Crippen MR) is 76.0 cm³/mol. The zero-order valence-corrected chi connectivity index (χ0v) is 11.0. The standard InChI is InChI=1S/C17H17NO/c1-12(19)18-17-15-8-4-2-6-13(15)10-11-14-7-3-5-9-16(14)17/h2-9,17H,10-11H2,1H3,(H,18,19). The van der Waals surface area contributed by atoms with E-state index in [1.165, 1.54) is 22.3 Å². The zero-order chi connectivity index (χ0) is 13.2. The highest BCUT2D eigenvalue weighted by molar-refractivity contribution is 5.74. The summed E-state index contributed by atoms with van der Waals surface area (Å²) in [4.78, 5) is 11.5. The lowest BCUT2D eigenvalue weighted by molar-refractivity contribution is -0.119. The molecule has 0 saturated carbocycles. The van der Waals surface area contributed by atoms with Crippen LogP contribution in [0.1, 0.15) is 35.2 Å². The molecule has 0 saturated heterocycles. The summed E-state index contributed by atoms with van der Waals surface area (Å²) < 4.78 is 0. The highest BCUT2D eigenvalue weighted by atomic mass is 16.1. The van der Waals surface area contributed by atoms with Crippen molar-refractivity contribution < 1.29 is 4.79 Å². The van der Waals surface area contributed by atoms with Crippen LogP contribution < -0.4 is 5.32 Å². The Bertz CT molecular complexity index is 571. The summed E-state index contributed by atoms with van der Waals surface area (Å²) in [6.07, 6.45) is 2.06. The minimum absolute atomic E-state index is 0.0107. The van der Waals surface area contributed by atoms with Gasteiger partial charge in [-0.25, -0.2) is 0 Å². The Balaban J connectivity index is 2.16. The SMILES string of the molecule is CC(=O)NC1c2ccccc2CCc2ccccc21. The molecule has 0 aromatic heterocycles. The molecule has 1 amide bonds. The Morgan fingerprint density at radius 1 is 0.947 bits per heavy atom. The van der Waals surface area contributed by atoms with Crippen LogP contribution in [-0.2, 0) is 17.6 Å². The Kier molecular flexibility index (Phi) is 3.08. The number of rotatable bonds is 1. The fourth-order valence-corrected chi connectivity index (χ4v) is 2.88. The average Bonchev–Trinajstić information content (AvgIpc) is 2.57. The molecule has 1 aliphatic rings. The first-order valence-corrected chi connectivity index (χ1v) is 6.68. The van der Waals surface area contributed by atoms with E-state index in [0.717, 1.165) is 12.8 Å². The van der Waals surface area contributed by atoms with Gasteiger partial charge < -0.3 is 5.32 Å². The van der Waals surface area contributed by atoms with Gasteiger partial charge in [0.05, 0.1) is 6.04 Å². The quantitative estimate of drug-likeness (QED) is 0.829. The number of hydrogen-bond acceptors (Lipinski definition) is 1. The third-order valence-corrected chi connectivity index (χ3v) is 3.74. The van der Waals surface area contributed by atoms with Crippen LogP contribution in [0, 0.1) is 0 Å². The van der Waals surface area contributed by atoms with Gasteiger partial charge in [0.25, 0.3) is 0 Å². The lowest BCUT2D eigenvalue weighted by Gasteiger charge is -2.21. The molecular formula is C17H17NO. The fraction of sp³-hybridized carbons (Fsp3) is 0.235. The molecule has 0 spiro atoms. The molecule has 2 heteroatoms. The van der Waals surface area contributed by atoms with Gasteiger partial charge in [-0.2, -0.15) is 0 Å². The van der Waals surface area contributed by atoms with Crippen molar-refractivity contribution in [3.05, 3.63) is 70.8 Å². The molecular weight excluding hydrogens is 234 g/mol. The topological polar surface area (TPSA) is 29.1 Å². The van der Waals surface area contributed by atoms with Gasteiger partial charge in [0, 0.05) is 6.92 Å². The maximum Gasteiger partial charge on any atom is 0.217 e. The van der Waals surface area contributed by atoms with Gasteiger partial charge in [-0.3, -0.25) is 4.79 Å². The first kappa shape index (κ1) is 12.0. The molecule has 0 radical (unpaired) electrons. The van der Waals surface area contributed by atoms with E-state index in [1.54, 1.807) is 6.92 Å². The molecule has 3 rings (SSSR count). The van der Waals surface area contributed by atoms with Gasteiger partial charge in [0.2, 0.25) is 5.91 Å². The van der Waals surface area contributed by atoms with E-state index in [2.05, 4.69) is 41.7 Å². The minimum Gasteiger partial charge on any atom is -0.345 e. The monoisotopic (exact) mass is 251 g/mol. The number of aryl methyl sites for hydroxylation is 2. The third kappa shape index (κ3) is 2.26. The molecule has 1 N–H and O–H groups in total. The van der Waals surface area contributed by atoms with Gasteiger partial charge in [-0.05, 0) is 35.1 Å². The molecule has 0 atom stereocenters. The van der Waals surface area contributed by atoms with Crippen LogP contribution in [0.3, 0.4) is 0 Å². The van der Waals surface area contributed by atoms with E-state index in [9.17, 15) is 4.79 Å². The number of hydrogen-bond donors (Lipinski definition) is 1. The normalized spacial score (nSPS) is 14.2. The molecule has 0 bridgehead atoms. The second-order valence-corrected chi connectivity index (χ2v) is 5.03. The van der Waals surface area contributed by atoms with Gasteiger partial charge in [-0.1, -0.05) is 48.5 Å². The molecule has 1 aliphatic carbocycles. The molecule has 2 nitrogen and oxygen atoms in total. The van der Waals surface area contributed by atoms with Gasteiger partial charge in [0.1, 0.15) is 0 Å². The van der Waals surface area contributed by atoms with Crippen molar-refractivity contribution in [1.29, 1.82) is 0 Å². The molecule has 0 heterocycles. The van der Waals surface area contributed by atoms with Crippen LogP contribution in [0.5, 0.6) is 0 Å². The largest absolute Gasteiger partial charge is 0.345 e. The smallest absolute Gasteiger partial charge is 0.217 e. The van der Waals surface area contributed by atoms with Gasteiger partial charge in [-0.15, -0.1) is 0 Å². The van der Waals surface area contributed by atoms with Crippen LogP contribution in [0.2, 0.25) is 0 Å². The van der Waals surface area contributed by atoms with Gasteiger partial charge in [0.15, 0.2) is 0 Å². The summed E-state index contributed by atoms with van der Waals surface area (Å²) in [5.74, 6) is 0.0107. The van der Waals surface area contributed by atoms with E-state index < -0.39 is 0 Å². The van der Waals surface area contributed by atoms with Crippen LogP contribution >= 0.6 is 0 Å². The highest BCUT2D eigenvalue weighted by Gasteiger charge is 2.23. The lowest BCUT2D eigenvalue weighted by Crippen LogP contribution is -2.27. The van der Waals surface area contributed by atoms with Crippen LogP contribution in [-0.4, -0.2) is 5.91 Å². The zero-order valence-electron chi connectivity index (χ0n) is 11.0. The Morgan fingerprint density at radius 3 is 1.89 bits per heavy atom. The Morgan fingerprint density at radius 2 is 1.42 bits per heavy atom. The number of nitrogens with one attached hydrogen (secondary N) is 1. The maximum atomic E-state index is 11.5. The molecule has 2 aromatic rings. The minimum atomic E-state index is -0.0209. The molecule has 0 fully saturated rings. The van der Waals surface area contributed by atoms with Crippen molar-refractivity contribution in [3.63, 3.8) is 0 Å². The summed E-state index contributed by atoms with van der Waals surface area (Å²) in [7, 11) is 0. The average molecular weight is 251 g/mol. The van der Waals surface area contributed by atoms with Crippen LogP contribution in [0.15, 0.2) is 48.5 Å². The summed E-state index contributed by atoms with van der Waals surface area (Å²) in [6.45, 7) is 1.58. The summed E-state index contributed by atoms with van der Waals surface area (Å²) >= 11 is 0. The maximum absolute atomic E-state index is 11.5. The van der Waals surface area contributed by atoms with Crippen molar-refractivity contribution in [1.82, 2.24) is 5.32 Å². The summed E-state index contributed by atoms with van der Waals surface area (Å²) in [5, 5.41) is 3.10.